The van der Waals surface area contributed by atoms with E-state index < -0.39 is 0 Å². The summed E-state index contributed by atoms with van der Waals surface area (Å²) >= 11 is 0. The second-order valence-corrected chi connectivity index (χ2v) is 5.25. The van der Waals surface area contributed by atoms with E-state index in [1.165, 1.54) is 0 Å². The summed E-state index contributed by atoms with van der Waals surface area (Å²) in [6.07, 6.45) is 1.93. The number of fused-ring (bicyclic) bond motifs is 1. The van der Waals surface area contributed by atoms with Gasteiger partial charge in [0.25, 0.3) is 0 Å². The third kappa shape index (κ3) is 0.571. The maximum atomic E-state index is 11.7. The summed E-state index contributed by atoms with van der Waals surface area (Å²) in [5.41, 5.74) is 0.343. The van der Waals surface area contributed by atoms with Gasteiger partial charge >= 0.3 is 0 Å². The maximum absolute atomic E-state index is 11.7. The lowest BCUT2D eigenvalue weighted by Gasteiger charge is -2.58. The first-order valence-corrected chi connectivity index (χ1v) is 4.96. The van der Waals surface area contributed by atoms with Crippen LogP contribution in [0.25, 0.3) is 0 Å². The van der Waals surface area contributed by atoms with E-state index in [2.05, 4.69) is 27.7 Å². The largest absolute Gasteiger partial charge is 0.299 e. The van der Waals surface area contributed by atoms with E-state index >= 15 is 0 Å². The molecule has 12 heavy (non-hydrogen) atoms. The van der Waals surface area contributed by atoms with Crippen molar-refractivity contribution in [3.05, 3.63) is 0 Å². The average Bonchev–Trinajstić information content (AvgIpc) is 2.12. The molecule has 68 valence electrons. The van der Waals surface area contributed by atoms with Crippen molar-refractivity contribution < 1.29 is 4.79 Å². The van der Waals surface area contributed by atoms with Crippen LogP contribution >= 0.6 is 0 Å². The van der Waals surface area contributed by atoms with Gasteiger partial charge in [-0.2, -0.15) is 0 Å². The van der Waals surface area contributed by atoms with Gasteiger partial charge in [0.2, 0.25) is 0 Å². The van der Waals surface area contributed by atoms with Crippen LogP contribution in [0.3, 0.4) is 0 Å². The van der Waals surface area contributed by atoms with Crippen molar-refractivity contribution in [1.82, 2.24) is 0 Å². The number of rotatable bonds is 0. The van der Waals surface area contributed by atoms with Gasteiger partial charge in [-0.15, -0.1) is 0 Å². The molecule has 0 aromatic heterocycles. The Morgan fingerprint density at radius 1 is 1.25 bits per heavy atom. The standard InChI is InChI=1S/C11H18O/c1-7-5-9(12)10(3)6-8(2)11(7,10)4/h7-8H,5-6H2,1-4H3. The Labute approximate surface area is 74.5 Å². The molecule has 2 aliphatic rings. The monoisotopic (exact) mass is 166 g/mol. The molecule has 0 amide bonds. The molecule has 0 heterocycles. The quantitative estimate of drug-likeness (QED) is 0.540. The van der Waals surface area contributed by atoms with E-state index in [0.717, 1.165) is 18.8 Å². The lowest BCUT2D eigenvalue weighted by Crippen LogP contribution is -2.55. The van der Waals surface area contributed by atoms with E-state index in [1.54, 1.807) is 0 Å². The molecule has 1 nitrogen and oxygen atoms in total. The Kier molecular flexibility index (Phi) is 1.34. The van der Waals surface area contributed by atoms with E-state index in [1.807, 2.05) is 0 Å². The predicted octanol–water partition coefficient (Wildman–Crippen LogP) is 2.65. The van der Waals surface area contributed by atoms with Crippen LogP contribution in [0.1, 0.15) is 40.5 Å². The molecule has 2 rings (SSSR count). The minimum Gasteiger partial charge on any atom is -0.299 e. The van der Waals surface area contributed by atoms with Crippen LogP contribution in [-0.2, 0) is 4.79 Å². The molecule has 0 radical (unpaired) electrons. The summed E-state index contributed by atoms with van der Waals surface area (Å²) in [4.78, 5) is 11.7. The van der Waals surface area contributed by atoms with Gasteiger partial charge < -0.3 is 0 Å². The number of hydrogen-bond acceptors (Lipinski definition) is 1. The van der Waals surface area contributed by atoms with E-state index in [0.29, 0.717) is 17.1 Å². The van der Waals surface area contributed by atoms with Crippen molar-refractivity contribution in [2.24, 2.45) is 22.7 Å². The van der Waals surface area contributed by atoms with Crippen molar-refractivity contribution >= 4 is 5.78 Å². The molecular formula is C11H18O. The first-order chi connectivity index (χ1) is 5.43. The lowest BCUT2D eigenvalue weighted by atomic mass is 9.45. The average molecular weight is 166 g/mol. The molecule has 0 aliphatic heterocycles. The third-order valence-corrected chi connectivity index (χ3v) is 5.06. The fraction of sp³-hybridized carbons (Fsp3) is 0.909. The van der Waals surface area contributed by atoms with Gasteiger partial charge in [0.1, 0.15) is 5.78 Å². The molecule has 0 bridgehead atoms. The van der Waals surface area contributed by atoms with E-state index in [4.69, 9.17) is 0 Å². The summed E-state index contributed by atoms with van der Waals surface area (Å²) in [6, 6.07) is 0. The summed E-state index contributed by atoms with van der Waals surface area (Å²) in [5, 5.41) is 0. The summed E-state index contributed by atoms with van der Waals surface area (Å²) in [6.45, 7) is 8.99. The Morgan fingerprint density at radius 3 is 2.17 bits per heavy atom. The minimum absolute atomic E-state index is 0.0336. The van der Waals surface area contributed by atoms with Crippen molar-refractivity contribution in [1.29, 1.82) is 0 Å². The Morgan fingerprint density at radius 2 is 1.83 bits per heavy atom. The van der Waals surface area contributed by atoms with Crippen molar-refractivity contribution in [2.75, 3.05) is 0 Å². The normalized spacial score (nSPS) is 58.2. The first-order valence-electron chi connectivity index (χ1n) is 4.96. The minimum atomic E-state index is 0.0336. The number of ketones is 1. The van der Waals surface area contributed by atoms with Gasteiger partial charge in [-0.3, -0.25) is 4.79 Å². The van der Waals surface area contributed by atoms with Gasteiger partial charge in [-0.25, -0.2) is 0 Å². The maximum Gasteiger partial charge on any atom is 0.139 e. The molecule has 0 aromatic rings. The highest BCUT2D eigenvalue weighted by atomic mass is 16.1. The third-order valence-electron chi connectivity index (χ3n) is 5.06. The van der Waals surface area contributed by atoms with Crippen LogP contribution in [0.5, 0.6) is 0 Å². The zero-order chi connectivity index (χ0) is 9.15. The highest BCUT2D eigenvalue weighted by Crippen LogP contribution is 2.69. The second kappa shape index (κ2) is 1.94. The van der Waals surface area contributed by atoms with Crippen LogP contribution in [0.15, 0.2) is 0 Å². The van der Waals surface area contributed by atoms with E-state index in [-0.39, 0.29) is 5.41 Å². The van der Waals surface area contributed by atoms with Crippen molar-refractivity contribution in [3.8, 4) is 0 Å². The summed E-state index contributed by atoms with van der Waals surface area (Å²) < 4.78 is 0. The molecule has 0 N–H and O–H groups in total. The Balaban J connectivity index is 2.42. The highest BCUT2D eigenvalue weighted by Gasteiger charge is 2.67. The predicted molar refractivity (Wildman–Crippen MR) is 48.8 cm³/mol. The molecule has 0 spiro atoms. The molecule has 4 unspecified atom stereocenters. The number of hydrogen-bond donors (Lipinski definition) is 0. The van der Waals surface area contributed by atoms with Crippen LogP contribution in [0.2, 0.25) is 0 Å². The molecule has 0 aromatic carbocycles. The molecule has 2 aliphatic carbocycles. The molecule has 0 saturated heterocycles. The second-order valence-electron chi connectivity index (χ2n) is 5.25. The lowest BCUT2D eigenvalue weighted by molar-refractivity contribution is -0.150. The van der Waals surface area contributed by atoms with Crippen LogP contribution in [0, 0.1) is 22.7 Å². The van der Waals surface area contributed by atoms with Gasteiger partial charge in [0.05, 0.1) is 0 Å². The fourth-order valence-corrected chi connectivity index (χ4v) is 3.62. The van der Waals surface area contributed by atoms with Crippen molar-refractivity contribution in [2.45, 2.75) is 40.5 Å². The topological polar surface area (TPSA) is 17.1 Å². The zero-order valence-electron chi connectivity index (χ0n) is 8.48. The number of carbonyl (C=O) groups excluding carboxylic acids is 1. The van der Waals surface area contributed by atoms with Crippen LogP contribution in [0.4, 0.5) is 0 Å². The number of carbonyl (C=O) groups is 1. The molecular weight excluding hydrogens is 148 g/mol. The van der Waals surface area contributed by atoms with Gasteiger partial charge in [0.15, 0.2) is 0 Å². The SMILES string of the molecule is CC1CC(=O)C2(C)CC(C)C12C. The zero-order valence-corrected chi connectivity index (χ0v) is 8.48. The Hall–Kier alpha value is -0.330. The smallest absolute Gasteiger partial charge is 0.139 e. The van der Waals surface area contributed by atoms with E-state index in [9.17, 15) is 4.79 Å². The Bertz CT molecular complexity index is 245. The van der Waals surface area contributed by atoms with Gasteiger partial charge in [-0.1, -0.05) is 27.7 Å². The van der Waals surface area contributed by atoms with Crippen LogP contribution in [-0.4, -0.2) is 5.78 Å². The number of Topliss-reactive ketones (excluding diaryl/α,β-unsaturated/α-hetero) is 1. The molecule has 2 saturated carbocycles. The summed E-state index contributed by atoms with van der Waals surface area (Å²) in [5.74, 6) is 1.85. The first kappa shape index (κ1) is 8.28. The molecule has 4 atom stereocenters. The summed E-state index contributed by atoms with van der Waals surface area (Å²) in [7, 11) is 0. The highest BCUT2D eigenvalue weighted by molar-refractivity contribution is 5.89. The fourth-order valence-electron chi connectivity index (χ4n) is 3.62. The molecule has 1 heteroatoms. The molecule has 2 fully saturated rings. The van der Waals surface area contributed by atoms with Crippen molar-refractivity contribution in [3.63, 3.8) is 0 Å². The van der Waals surface area contributed by atoms with Gasteiger partial charge in [-0.05, 0) is 23.7 Å². The van der Waals surface area contributed by atoms with Crippen LogP contribution < -0.4 is 0 Å². The van der Waals surface area contributed by atoms with Gasteiger partial charge in [0, 0.05) is 11.8 Å².